The van der Waals surface area contributed by atoms with Crippen LogP contribution in [-0.4, -0.2) is 68.3 Å². The van der Waals surface area contributed by atoms with Crippen molar-refractivity contribution < 1.29 is 9.32 Å². The molecule has 1 unspecified atom stereocenters. The SMILES string of the molecule is Cc1cc(C(=O)N2CCCC(c3nnnn3C3CCCC3)(N(C)C)C2)no1. The fraction of sp³-hybridized carbons (Fsp3) is 0.722. The van der Waals surface area contributed by atoms with Gasteiger partial charge in [0.2, 0.25) is 0 Å². The van der Waals surface area contributed by atoms with Gasteiger partial charge in [-0.15, -0.1) is 5.10 Å². The summed E-state index contributed by atoms with van der Waals surface area (Å²) in [6.45, 7) is 3.03. The first kappa shape index (κ1) is 18.1. The normalized spacial score (nSPS) is 24.1. The Hall–Kier alpha value is -2.29. The van der Waals surface area contributed by atoms with E-state index >= 15 is 0 Å². The quantitative estimate of drug-likeness (QED) is 0.806. The zero-order valence-corrected chi connectivity index (χ0v) is 16.3. The molecular formula is C18H27N7O2. The van der Waals surface area contributed by atoms with Gasteiger partial charge < -0.3 is 9.42 Å². The lowest BCUT2D eigenvalue weighted by molar-refractivity contribution is 0.0244. The number of likely N-dealkylation sites (tertiary alicyclic amines) is 1. The van der Waals surface area contributed by atoms with Crippen LogP contribution in [0, 0.1) is 6.92 Å². The van der Waals surface area contributed by atoms with Crippen LogP contribution >= 0.6 is 0 Å². The zero-order valence-electron chi connectivity index (χ0n) is 16.3. The summed E-state index contributed by atoms with van der Waals surface area (Å²) >= 11 is 0. The molecule has 0 N–H and O–H groups in total. The highest BCUT2D eigenvalue weighted by Gasteiger charge is 2.46. The van der Waals surface area contributed by atoms with E-state index in [1.807, 2.05) is 23.7 Å². The number of carbonyl (C=O) groups is 1. The number of piperidine rings is 1. The molecule has 1 amide bonds. The average molecular weight is 373 g/mol. The molecule has 1 atom stereocenters. The highest BCUT2D eigenvalue weighted by molar-refractivity contribution is 5.92. The van der Waals surface area contributed by atoms with Gasteiger partial charge in [0.25, 0.3) is 5.91 Å². The number of nitrogens with zero attached hydrogens (tertiary/aromatic N) is 7. The third kappa shape index (κ3) is 3.13. The molecule has 1 saturated carbocycles. The summed E-state index contributed by atoms with van der Waals surface area (Å²) in [4.78, 5) is 17.0. The third-order valence-electron chi connectivity index (χ3n) is 6.04. The van der Waals surface area contributed by atoms with E-state index in [1.165, 1.54) is 12.8 Å². The fourth-order valence-corrected chi connectivity index (χ4v) is 4.48. The van der Waals surface area contributed by atoms with Gasteiger partial charge in [-0.1, -0.05) is 18.0 Å². The number of tetrazole rings is 1. The maximum absolute atomic E-state index is 13.0. The Morgan fingerprint density at radius 1 is 1.30 bits per heavy atom. The second-order valence-corrected chi connectivity index (χ2v) is 7.96. The Bertz CT molecular complexity index is 808. The van der Waals surface area contributed by atoms with Crippen LogP contribution in [0.2, 0.25) is 0 Å². The number of aromatic nitrogens is 5. The third-order valence-corrected chi connectivity index (χ3v) is 6.04. The Morgan fingerprint density at radius 3 is 2.74 bits per heavy atom. The predicted octanol–water partition coefficient (Wildman–Crippen LogP) is 1.78. The number of aryl methyl sites for hydroxylation is 1. The molecule has 4 rings (SSSR count). The molecule has 1 aliphatic heterocycles. The fourth-order valence-electron chi connectivity index (χ4n) is 4.48. The molecule has 0 aromatic carbocycles. The molecule has 2 aromatic heterocycles. The summed E-state index contributed by atoms with van der Waals surface area (Å²) in [7, 11) is 4.09. The molecule has 9 nitrogen and oxygen atoms in total. The first-order valence-electron chi connectivity index (χ1n) is 9.69. The topological polar surface area (TPSA) is 93.2 Å². The van der Waals surface area contributed by atoms with E-state index in [9.17, 15) is 4.79 Å². The van der Waals surface area contributed by atoms with Crippen molar-refractivity contribution in [1.29, 1.82) is 0 Å². The van der Waals surface area contributed by atoms with Gasteiger partial charge in [0.1, 0.15) is 11.3 Å². The summed E-state index contributed by atoms with van der Waals surface area (Å²) in [5.41, 5.74) is -0.0452. The Balaban J connectivity index is 1.66. The van der Waals surface area contributed by atoms with Gasteiger partial charge in [0.05, 0.1) is 6.04 Å². The molecule has 2 aliphatic rings. The van der Waals surface area contributed by atoms with Gasteiger partial charge in [0, 0.05) is 19.2 Å². The first-order valence-corrected chi connectivity index (χ1v) is 9.69. The van der Waals surface area contributed by atoms with E-state index in [1.54, 1.807) is 13.0 Å². The van der Waals surface area contributed by atoms with Crippen LogP contribution in [0.25, 0.3) is 0 Å². The van der Waals surface area contributed by atoms with E-state index in [2.05, 4.69) is 25.6 Å². The van der Waals surface area contributed by atoms with E-state index in [0.29, 0.717) is 30.6 Å². The van der Waals surface area contributed by atoms with Gasteiger partial charge in [-0.3, -0.25) is 9.69 Å². The predicted molar refractivity (Wildman–Crippen MR) is 97.1 cm³/mol. The first-order chi connectivity index (χ1) is 13.0. The van der Waals surface area contributed by atoms with Gasteiger partial charge in [0.15, 0.2) is 11.5 Å². The summed E-state index contributed by atoms with van der Waals surface area (Å²) in [5, 5.41) is 16.7. The minimum absolute atomic E-state index is 0.0994. The largest absolute Gasteiger partial charge is 0.361 e. The van der Waals surface area contributed by atoms with Crippen LogP contribution in [-0.2, 0) is 5.54 Å². The van der Waals surface area contributed by atoms with Gasteiger partial charge in [-0.05, 0) is 57.1 Å². The molecule has 0 spiro atoms. The molecule has 1 aliphatic carbocycles. The summed E-state index contributed by atoms with van der Waals surface area (Å²) in [5.74, 6) is 1.41. The van der Waals surface area contributed by atoms with Crippen molar-refractivity contribution in [1.82, 2.24) is 35.2 Å². The van der Waals surface area contributed by atoms with Crippen LogP contribution in [0.1, 0.15) is 66.6 Å². The highest BCUT2D eigenvalue weighted by Crippen LogP contribution is 2.38. The van der Waals surface area contributed by atoms with E-state index < -0.39 is 5.54 Å². The minimum Gasteiger partial charge on any atom is -0.361 e. The second kappa shape index (κ2) is 7.03. The maximum atomic E-state index is 13.0. The molecule has 9 heteroatoms. The second-order valence-electron chi connectivity index (χ2n) is 7.96. The maximum Gasteiger partial charge on any atom is 0.276 e. The lowest BCUT2D eigenvalue weighted by Gasteiger charge is -2.46. The summed E-state index contributed by atoms with van der Waals surface area (Å²) < 4.78 is 7.11. The number of likely N-dealkylation sites (N-methyl/N-ethyl adjacent to an activating group) is 1. The lowest BCUT2D eigenvalue weighted by Crippen LogP contribution is -2.56. The number of carbonyl (C=O) groups excluding carboxylic acids is 1. The van der Waals surface area contributed by atoms with Crippen molar-refractivity contribution in [3.05, 3.63) is 23.3 Å². The van der Waals surface area contributed by atoms with Crippen LogP contribution in [0.5, 0.6) is 0 Å². The van der Waals surface area contributed by atoms with Crippen LogP contribution in [0.15, 0.2) is 10.6 Å². The van der Waals surface area contributed by atoms with Crippen molar-refractivity contribution in [2.75, 3.05) is 27.2 Å². The van der Waals surface area contributed by atoms with Crippen molar-refractivity contribution in [3.63, 3.8) is 0 Å². The van der Waals surface area contributed by atoms with E-state index in [-0.39, 0.29) is 5.91 Å². The molecule has 27 heavy (non-hydrogen) atoms. The van der Waals surface area contributed by atoms with Crippen LogP contribution in [0.3, 0.4) is 0 Å². The van der Waals surface area contributed by atoms with Gasteiger partial charge in [-0.2, -0.15) is 0 Å². The molecular weight excluding hydrogens is 346 g/mol. The standard InChI is InChI=1S/C18H27N7O2/c1-13-11-15(20-27-13)16(26)24-10-6-9-18(12-24,23(2)3)17-19-21-22-25(17)14-7-4-5-8-14/h11,14H,4-10,12H2,1-3H3. The molecule has 146 valence electrons. The molecule has 1 saturated heterocycles. The number of rotatable bonds is 4. The zero-order chi connectivity index (χ0) is 19.0. The lowest BCUT2D eigenvalue weighted by atomic mass is 9.86. The molecule has 2 fully saturated rings. The van der Waals surface area contributed by atoms with Gasteiger partial charge in [-0.25, -0.2) is 4.68 Å². The average Bonchev–Trinajstić information content (AvgIpc) is 3.41. The van der Waals surface area contributed by atoms with Crippen molar-refractivity contribution in [2.45, 2.75) is 57.0 Å². The van der Waals surface area contributed by atoms with Crippen molar-refractivity contribution in [3.8, 4) is 0 Å². The molecule has 3 heterocycles. The smallest absolute Gasteiger partial charge is 0.276 e. The molecule has 0 bridgehead atoms. The van der Waals surface area contributed by atoms with Crippen molar-refractivity contribution >= 4 is 5.91 Å². The number of amides is 1. The van der Waals surface area contributed by atoms with Crippen molar-refractivity contribution in [2.24, 2.45) is 0 Å². The van der Waals surface area contributed by atoms with Crippen LogP contribution in [0.4, 0.5) is 0 Å². The highest BCUT2D eigenvalue weighted by atomic mass is 16.5. The molecule has 0 radical (unpaired) electrons. The Kier molecular flexibility index (Phi) is 4.71. The number of hydrogen-bond acceptors (Lipinski definition) is 7. The minimum atomic E-state index is -0.404. The monoisotopic (exact) mass is 373 g/mol. The van der Waals surface area contributed by atoms with Crippen LogP contribution < -0.4 is 0 Å². The van der Waals surface area contributed by atoms with Gasteiger partial charge >= 0.3 is 0 Å². The number of hydrogen-bond donors (Lipinski definition) is 0. The Morgan fingerprint density at radius 2 is 2.07 bits per heavy atom. The Labute approximate surface area is 158 Å². The summed E-state index contributed by atoms with van der Waals surface area (Å²) in [6, 6.07) is 2.05. The summed E-state index contributed by atoms with van der Waals surface area (Å²) in [6.07, 6.45) is 6.46. The van der Waals surface area contributed by atoms with E-state index in [4.69, 9.17) is 4.52 Å². The molecule has 2 aromatic rings. The van der Waals surface area contributed by atoms with E-state index in [0.717, 1.165) is 31.5 Å².